The van der Waals surface area contributed by atoms with Gasteiger partial charge in [0.15, 0.2) is 5.82 Å². The van der Waals surface area contributed by atoms with Crippen molar-refractivity contribution in [1.82, 2.24) is 9.97 Å². The van der Waals surface area contributed by atoms with Gasteiger partial charge in [0.2, 0.25) is 0 Å². The van der Waals surface area contributed by atoms with E-state index in [0.29, 0.717) is 5.92 Å². The molecule has 0 spiro atoms. The fraction of sp³-hybridized carbons (Fsp3) is 0.692. The van der Waals surface area contributed by atoms with E-state index in [9.17, 15) is 0 Å². The number of hydrogen-bond acceptors (Lipinski definition) is 5. The number of nitrogens with zero attached hydrogens (tertiary/aromatic N) is 2. The van der Waals surface area contributed by atoms with E-state index in [1.54, 1.807) is 7.11 Å². The summed E-state index contributed by atoms with van der Waals surface area (Å²) in [7, 11) is 1.73. The topological polar surface area (TPSA) is 47.0 Å². The van der Waals surface area contributed by atoms with Crippen molar-refractivity contribution in [3.63, 3.8) is 0 Å². The molecule has 0 saturated heterocycles. The lowest BCUT2D eigenvalue weighted by Crippen LogP contribution is -2.16. The normalized spacial score (nSPS) is 15.8. The van der Waals surface area contributed by atoms with Crippen LogP contribution in [0.25, 0.3) is 0 Å². The fourth-order valence-corrected chi connectivity index (χ4v) is 3.23. The molecule has 1 aliphatic heterocycles. The molecule has 5 heteroatoms. The molecule has 1 aromatic heterocycles. The van der Waals surface area contributed by atoms with Gasteiger partial charge < -0.3 is 10.1 Å². The Bertz CT molecular complexity index is 423. The van der Waals surface area contributed by atoms with E-state index in [0.717, 1.165) is 29.7 Å². The standard InChI is InChI=1S/C13H21N3OS/c1-5-14-12-9-6-18-7-10(9)15-13(16-12)11(17-4)8(2)3/h8,11H,5-7H2,1-4H3,(H,14,15,16). The van der Waals surface area contributed by atoms with Crippen LogP contribution in [0.15, 0.2) is 0 Å². The molecule has 2 rings (SSSR count). The van der Waals surface area contributed by atoms with Gasteiger partial charge in [0.1, 0.15) is 11.9 Å². The minimum absolute atomic E-state index is 0.0293. The van der Waals surface area contributed by atoms with Crippen LogP contribution in [0.5, 0.6) is 0 Å². The molecule has 1 N–H and O–H groups in total. The minimum atomic E-state index is -0.0293. The van der Waals surface area contributed by atoms with E-state index in [-0.39, 0.29) is 6.10 Å². The first kappa shape index (κ1) is 13.6. The van der Waals surface area contributed by atoms with Crippen LogP contribution in [0.2, 0.25) is 0 Å². The van der Waals surface area contributed by atoms with Crippen LogP contribution in [0.1, 0.15) is 44.0 Å². The Kier molecular flexibility index (Phi) is 4.45. The highest BCUT2D eigenvalue weighted by Gasteiger charge is 2.24. The molecule has 1 aromatic rings. The molecule has 2 heterocycles. The van der Waals surface area contributed by atoms with Gasteiger partial charge in [-0.15, -0.1) is 0 Å². The number of ether oxygens (including phenoxy) is 1. The second-order valence-corrected chi connectivity index (χ2v) is 5.76. The van der Waals surface area contributed by atoms with Gasteiger partial charge in [-0.1, -0.05) is 13.8 Å². The highest BCUT2D eigenvalue weighted by molar-refractivity contribution is 7.98. The van der Waals surface area contributed by atoms with Crippen LogP contribution in [-0.4, -0.2) is 23.6 Å². The maximum absolute atomic E-state index is 5.53. The largest absolute Gasteiger partial charge is 0.373 e. The van der Waals surface area contributed by atoms with Gasteiger partial charge in [0, 0.05) is 30.7 Å². The predicted molar refractivity (Wildman–Crippen MR) is 75.8 cm³/mol. The van der Waals surface area contributed by atoms with Gasteiger partial charge in [-0.2, -0.15) is 11.8 Å². The molecule has 0 amide bonds. The van der Waals surface area contributed by atoms with Crippen LogP contribution in [-0.2, 0) is 16.2 Å². The predicted octanol–water partition coefficient (Wildman–Crippen LogP) is 3.00. The summed E-state index contributed by atoms with van der Waals surface area (Å²) in [5.74, 6) is 4.17. The third kappa shape index (κ3) is 2.62. The van der Waals surface area contributed by atoms with Crippen molar-refractivity contribution in [3.8, 4) is 0 Å². The Hall–Kier alpha value is -0.810. The van der Waals surface area contributed by atoms with Crippen molar-refractivity contribution in [1.29, 1.82) is 0 Å². The van der Waals surface area contributed by atoms with Crippen molar-refractivity contribution in [2.45, 2.75) is 38.4 Å². The highest BCUT2D eigenvalue weighted by Crippen LogP contribution is 2.34. The molecule has 1 aliphatic rings. The molecular weight excluding hydrogens is 246 g/mol. The van der Waals surface area contributed by atoms with Crippen molar-refractivity contribution in [3.05, 3.63) is 17.1 Å². The number of hydrogen-bond donors (Lipinski definition) is 1. The summed E-state index contributed by atoms with van der Waals surface area (Å²) >= 11 is 1.90. The fourth-order valence-electron chi connectivity index (χ4n) is 2.19. The molecule has 4 nitrogen and oxygen atoms in total. The molecular formula is C13H21N3OS. The Morgan fingerprint density at radius 2 is 2.11 bits per heavy atom. The lowest BCUT2D eigenvalue weighted by molar-refractivity contribution is 0.0574. The van der Waals surface area contributed by atoms with Gasteiger partial charge >= 0.3 is 0 Å². The lowest BCUT2D eigenvalue weighted by atomic mass is 10.1. The molecule has 0 saturated carbocycles. The molecule has 0 aliphatic carbocycles. The molecule has 0 radical (unpaired) electrons. The number of thioether (sulfide) groups is 1. The minimum Gasteiger partial charge on any atom is -0.373 e. The summed E-state index contributed by atoms with van der Waals surface area (Å²) < 4.78 is 5.53. The van der Waals surface area contributed by atoms with E-state index < -0.39 is 0 Å². The van der Waals surface area contributed by atoms with E-state index in [4.69, 9.17) is 9.72 Å². The number of aromatic nitrogens is 2. The number of methoxy groups -OCH3 is 1. The van der Waals surface area contributed by atoms with Gasteiger partial charge in [0.25, 0.3) is 0 Å². The summed E-state index contributed by atoms with van der Waals surface area (Å²) in [6.45, 7) is 7.23. The van der Waals surface area contributed by atoms with Crippen LogP contribution >= 0.6 is 11.8 Å². The summed E-state index contributed by atoms with van der Waals surface area (Å²) in [5, 5.41) is 3.35. The highest BCUT2D eigenvalue weighted by atomic mass is 32.2. The average molecular weight is 267 g/mol. The molecule has 1 unspecified atom stereocenters. The van der Waals surface area contributed by atoms with E-state index in [1.807, 2.05) is 11.8 Å². The van der Waals surface area contributed by atoms with Crippen molar-refractivity contribution < 1.29 is 4.74 Å². The van der Waals surface area contributed by atoms with Crippen LogP contribution in [0.4, 0.5) is 5.82 Å². The SMILES string of the molecule is CCNc1nc(C(OC)C(C)C)nc2c1CSC2. The molecule has 1 atom stereocenters. The van der Waals surface area contributed by atoms with E-state index >= 15 is 0 Å². The quantitative estimate of drug-likeness (QED) is 0.888. The summed E-state index contributed by atoms with van der Waals surface area (Å²) in [6, 6.07) is 0. The molecule has 0 bridgehead atoms. The Morgan fingerprint density at radius 3 is 2.72 bits per heavy atom. The molecule has 100 valence electrons. The first-order chi connectivity index (χ1) is 8.67. The zero-order valence-corrected chi connectivity index (χ0v) is 12.3. The van der Waals surface area contributed by atoms with Gasteiger partial charge in [0.05, 0.1) is 5.69 Å². The second-order valence-electron chi connectivity index (χ2n) is 4.78. The third-order valence-corrected chi connectivity index (χ3v) is 4.02. The van der Waals surface area contributed by atoms with E-state index in [2.05, 4.69) is 31.1 Å². The van der Waals surface area contributed by atoms with Gasteiger partial charge in [-0.25, -0.2) is 9.97 Å². The number of fused-ring (bicyclic) bond motifs is 1. The van der Waals surface area contributed by atoms with Crippen molar-refractivity contribution in [2.75, 3.05) is 19.0 Å². The molecule has 18 heavy (non-hydrogen) atoms. The molecule has 0 aromatic carbocycles. The monoisotopic (exact) mass is 267 g/mol. The van der Waals surface area contributed by atoms with Gasteiger partial charge in [-0.05, 0) is 12.8 Å². The zero-order valence-electron chi connectivity index (χ0n) is 11.5. The Morgan fingerprint density at radius 1 is 1.33 bits per heavy atom. The van der Waals surface area contributed by atoms with Crippen LogP contribution in [0.3, 0.4) is 0 Å². The zero-order chi connectivity index (χ0) is 13.1. The number of rotatable bonds is 5. The number of anilines is 1. The van der Waals surface area contributed by atoms with Crippen molar-refractivity contribution in [2.24, 2.45) is 5.92 Å². The first-order valence-corrected chi connectivity index (χ1v) is 7.56. The Balaban J connectivity index is 2.40. The second kappa shape index (κ2) is 5.89. The van der Waals surface area contributed by atoms with Crippen LogP contribution < -0.4 is 5.32 Å². The summed E-state index contributed by atoms with van der Waals surface area (Å²) in [4.78, 5) is 9.36. The Labute approximate surface area is 113 Å². The maximum atomic E-state index is 5.53. The maximum Gasteiger partial charge on any atom is 0.160 e. The third-order valence-electron chi connectivity index (χ3n) is 3.05. The van der Waals surface area contributed by atoms with Crippen LogP contribution in [0, 0.1) is 5.92 Å². The van der Waals surface area contributed by atoms with E-state index in [1.165, 1.54) is 11.3 Å². The molecule has 0 fully saturated rings. The summed E-state index contributed by atoms with van der Waals surface area (Å²) in [5.41, 5.74) is 2.44. The summed E-state index contributed by atoms with van der Waals surface area (Å²) in [6.07, 6.45) is -0.0293. The average Bonchev–Trinajstić information content (AvgIpc) is 2.78. The smallest absolute Gasteiger partial charge is 0.160 e. The number of nitrogens with one attached hydrogen (secondary N) is 1. The first-order valence-electron chi connectivity index (χ1n) is 6.41. The van der Waals surface area contributed by atoms with Crippen molar-refractivity contribution >= 4 is 17.6 Å². The lowest BCUT2D eigenvalue weighted by Gasteiger charge is -2.19. The van der Waals surface area contributed by atoms with Gasteiger partial charge in [-0.3, -0.25) is 0 Å².